The van der Waals surface area contributed by atoms with E-state index < -0.39 is 0 Å². The first kappa shape index (κ1) is 20.9. The summed E-state index contributed by atoms with van der Waals surface area (Å²) in [5.41, 5.74) is 3.14. The zero-order valence-electron chi connectivity index (χ0n) is 17.1. The minimum absolute atomic E-state index is 0.651. The maximum atomic E-state index is 5.61. The Morgan fingerprint density at radius 1 is 1.22 bits per heavy atom. The molecule has 0 unspecified atom stereocenters. The lowest BCUT2D eigenvalue weighted by atomic mass is 10.1. The molecular formula is C20H32N6O. The average Bonchev–Trinajstić information content (AvgIpc) is 2.99. The van der Waals surface area contributed by atoms with E-state index in [0.29, 0.717) is 19.1 Å². The summed E-state index contributed by atoms with van der Waals surface area (Å²) in [5.74, 6) is 2.25. The van der Waals surface area contributed by atoms with Crippen LogP contribution in [-0.2, 0) is 11.3 Å². The second-order valence-electron chi connectivity index (χ2n) is 7.01. The van der Waals surface area contributed by atoms with E-state index in [4.69, 9.17) is 4.74 Å². The topological polar surface area (TPSA) is 76.4 Å². The van der Waals surface area contributed by atoms with E-state index in [-0.39, 0.29) is 0 Å². The van der Waals surface area contributed by atoms with Crippen molar-refractivity contribution in [2.45, 2.75) is 40.7 Å². The molecule has 27 heavy (non-hydrogen) atoms. The largest absolute Gasteiger partial charge is 0.380 e. The van der Waals surface area contributed by atoms with Crippen molar-refractivity contribution in [1.29, 1.82) is 0 Å². The monoisotopic (exact) mass is 372 g/mol. The molecule has 0 aromatic carbocycles. The quantitative estimate of drug-likeness (QED) is 0.402. The molecule has 0 atom stereocenters. The van der Waals surface area contributed by atoms with Crippen LogP contribution in [0.4, 0.5) is 0 Å². The first-order valence-electron chi connectivity index (χ1n) is 9.50. The fourth-order valence-electron chi connectivity index (χ4n) is 2.58. The number of nitrogens with zero attached hydrogens (tertiary/aromatic N) is 4. The molecule has 2 aromatic heterocycles. The Balaban J connectivity index is 1.75. The van der Waals surface area contributed by atoms with Crippen LogP contribution in [0.15, 0.2) is 29.4 Å². The van der Waals surface area contributed by atoms with E-state index in [1.54, 1.807) is 7.05 Å². The van der Waals surface area contributed by atoms with Crippen molar-refractivity contribution in [3.05, 3.63) is 41.3 Å². The number of pyridine rings is 1. The highest BCUT2D eigenvalue weighted by Crippen LogP contribution is 2.10. The molecule has 2 heterocycles. The number of guanidine groups is 1. The molecule has 0 radical (unpaired) electrons. The average molecular weight is 373 g/mol. The summed E-state index contributed by atoms with van der Waals surface area (Å²) in [6.45, 7) is 11.3. The van der Waals surface area contributed by atoms with Gasteiger partial charge in [0.25, 0.3) is 0 Å². The lowest BCUT2D eigenvalue weighted by Gasteiger charge is -2.12. The highest BCUT2D eigenvalue weighted by Gasteiger charge is 2.05. The van der Waals surface area contributed by atoms with E-state index >= 15 is 0 Å². The maximum Gasteiger partial charge on any atom is 0.191 e. The second kappa shape index (κ2) is 10.7. The van der Waals surface area contributed by atoms with Crippen LogP contribution < -0.4 is 10.6 Å². The van der Waals surface area contributed by atoms with Crippen molar-refractivity contribution < 1.29 is 4.74 Å². The predicted octanol–water partition coefficient (Wildman–Crippen LogP) is 2.61. The summed E-state index contributed by atoms with van der Waals surface area (Å²) in [4.78, 5) is 8.75. The Kier molecular flexibility index (Phi) is 8.26. The molecule has 0 saturated carbocycles. The zero-order valence-corrected chi connectivity index (χ0v) is 17.1. The van der Waals surface area contributed by atoms with E-state index in [1.165, 1.54) is 0 Å². The van der Waals surface area contributed by atoms with Gasteiger partial charge in [0.2, 0.25) is 0 Å². The Bertz CT molecular complexity index is 721. The van der Waals surface area contributed by atoms with Crippen LogP contribution in [0, 0.1) is 19.8 Å². The van der Waals surface area contributed by atoms with Crippen LogP contribution >= 0.6 is 0 Å². The highest BCUT2D eigenvalue weighted by atomic mass is 16.5. The third-order valence-corrected chi connectivity index (χ3v) is 4.10. The van der Waals surface area contributed by atoms with Gasteiger partial charge in [-0.3, -0.25) is 4.99 Å². The molecule has 2 N–H and O–H groups in total. The van der Waals surface area contributed by atoms with E-state index in [9.17, 15) is 0 Å². The minimum Gasteiger partial charge on any atom is -0.380 e. The Labute approximate surface area is 162 Å². The molecule has 2 rings (SSSR count). The third-order valence-electron chi connectivity index (χ3n) is 4.10. The number of ether oxygens (including phenoxy) is 1. The van der Waals surface area contributed by atoms with Crippen LogP contribution in [0.2, 0.25) is 0 Å². The summed E-state index contributed by atoms with van der Waals surface area (Å²) >= 11 is 0. The maximum absolute atomic E-state index is 5.61. The molecule has 0 amide bonds. The van der Waals surface area contributed by atoms with Crippen molar-refractivity contribution in [3.8, 4) is 5.82 Å². The summed E-state index contributed by atoms with van der Waals surface area (Å²) in [6.07, 6.45) is 2.95. The van der Waals surface area contributed by atoms with E-state index in [0.717, 1.165) is 48.3 Å². The van der Waals surface area contributed by atoms with Crippen LogP contribution in [-0.4, -0.2) is 47.5 Å². The van der Waals surface area contributed by atoms with E-state index in [2.05, 4.69) is 39.6 Å². The van der Waals surface area contributed by atoms with Crippen molar-refractivity contribution in [1.82, 2.24) is 25.4 Å². The third kappa shape index (κ3) is 7.02. The SMILES string of the molecule is CN=C(NCCOCCC(C)C)NCc1ccc(-n2nc(C)cc2C)nc1. The molecule has 7 heteroatoms. The number of nitrogens with one attached hydrogen (secondary N) is 2. The molecule has 0 aliphatic carbocycles. The van der Waals surface area contributed by atoms with Gasteiger partial charge in [-0.2, -0.15) is 5.10 Å². The Hall–Kier alpha value is -2.41. The number of aryl methyl sites for hydroxylation is 2. The molecule has 0 saturated heterocycles. The van der Waals surface area contributed by atoms with Gasteiger partial charge in [0.05, 0.1) is 12.3 Å². The molecule has 0 fully saturated rings. The Morgan fingerprint density at radius 3 is 2.63 bits per heavy atom. The van der Waals surface area contributed by atoms with Gasteiger partial charge in [0.15, 0.2) is 11.8 Å². The first-order chi connectivity index (χ1) is 13.0. The summed E-state index contributed by atoms with van der Waals surface area (Å²) in [7, 11) is 1.76. The fourth-order valence-corrected chi connectivity index (χ4v) is 2.58. The Morgan fingerprint density at radius 2 is 2.04 bits per heavy atom. The molecule has 7 nitrogen and oxygen atoms in total. The molecular weight excluding hydrogens is 340 g/mol. The standard InChI is InChI=1S/C20H32N6O/c1-15(2)8-10-27-11-9-22-20(21-5)24-14-18-6-7-19(23-13-18)26-17(4)12-16(3)25-26/h6-7,12-13,15H,8-11,14H2,1-5H3,(H2,21,22,24). The van der Waals surface area contributed by atoms with Gasteiger partial charge in [-0.15, -0.1) is 0 Å². The van der Waals surface area contributed by atoms with Crippen molar-refractivity contribution >= 4 is 5.96 Å². The van der Waals surface area contributed by atoms with Crippen LogP contribution in [0.5, 0.6) is 0 Å². The van der Waals surface area contributed by atoms with Gasteiger partial charge in [-0.25, -0.2) is 9.67 Å². The number of aliphatic imine (C=N–C) groups is 1. The highest BCUT2D eigenvalue weighted by molar-refractivity contribution is 5.79. The lowest BCUT2D eigenvalue weighted by molar-refractivity contribution is 0.128. The fraction of sp³-hybridized carbons (Fsp3) is 0.550. The summed E-state index contributed by atoms with van der Waals surface area (Å²) < 4.78 is 7.46. The lowest BCUT2D eigenvalue weighted by Crippen LogP contribution is -2.38. The molecule has 2 aromatic rings. The molecule has 0 spiro atoms. The smallest absolute Gasteiger partial charge is 0.191 e. The van der Waals surface area contributed by atoms with Gasteiger partial charge in [0, 0.05) is 38.6 Å². The van der Waals surface area contributed by atoms with Crippen LogP contribution in [0.1, 0.15) is 37.2 Å². The van der Waals surface area contributed by atoms with Gasteiger partial charge < -0.3 is 15.4 Å². The summed E-state index contributed by atoms with van der Waals surface area (Å²) in [5, 5.41) is 11.0. The minimum atomic E-state index is 0.651. The van der Waals surface area contributed by atoms with Crippen molar-refractivity contribution in [3.63, 3.8) is 0 Å². The molecule has 0 aliphatic heterocycles. The van der Waals surface area contributed by atoms with E-state index in [1.807, 2.05) is 42.9 Å². The second-order valence-corrected chi connectivity index (χ2v) is 7.01. The van der Waals surface area contributed by atoms with Crippen LogP contribution in [0.3, 0.4) is 0 Å². The number of aromatic nitrogens is 3. The molecule has 0 aliphatic rings. The van der Waals surface area contributed by atoms with Gasteiger partial charge >= 0.3 is 0 Å². The normalized spacial score (nSPS) is 11.9. The van der Waals surface area contributed by atoms with Crippen LogP contribution in [0.25, 0.3) is 5.82 Å². The van der Waals surface area contributed by atoms with Crippen molar-refractivity contribution in [2.24, 2.45) is 10.9 Å². The van der Waals surface area contributed by atoms with Gasteiger partial charge in [0.1, 0.15) is 0 Å². The number of hydrogen-bond donors (Lipinski definition) is 2. The first-order valence-corrected chi connectivity index (χ1v) is 9.50. The summed E-state index contributed by atoms with van der Waals surface area (Å²) in [6, 6.07) is 6.07. The number of rotatable bonds is 9. The zero-order chi connectivity index (χ0) is 19.6. The number of hydrogen-bond acceptors (Lipinski definition) is 4. The van der Waals surface area contributed by atoms with Crippen molar-refractivity contribution in [2.75, 3.05) is 26.8 Å². The van der Waals surface area contributed by atoms with Gasteiger partial charge in [-0.05, 0) is 43.9 Å². The molecule has 148 valence electrons. The molecule has 0 bridgehead atoms. The predicted molar refractivity (Wildman–Crippen MR) is 109 cm³/mol. The van der Waals surface area contributed by atoms with Gasteiger partial charge in [-0.1, -0.05) is 19.9 Å².